The van der Waals surface area contributed by atoms with Gasteiger partial charge in [-0.25, -0.2) is 4.98 Å². The molecule has 5 nitrogen and oxygen atoms in total. The lowest BCUT2D eigenvalue weighted by Crippen LogP contribution is -2.34. The van der Waals surface area contributed by atoms with Crippen LogP contribution in [0, 0.1) is 27.7 Å². The maximum absolute atomic E-state index is 12.8. The Balaban J connectivity index is 2.30. The van der Waals surface area contributed by atoms with Crippen LogP contribution in [-0.2, 0) is 6.54 Å². The van der Waals surface area contributed by atoms with Gasteiger partial charge < -0.3 is 15.0 Å². The number of carbonyl (C=O) groups is 1. The second-order valence-corrected chi connectivity index (χ2v) is 5.68. The standard InChI is InChI=1S/C17H23N3O2/c1-11-7-13(3)15(8-12(11)2)17(22)20(5-6-21)9-16-14(4)18-10-19-16/h7-8,10,21H,5-6,9H2,1-4H3,(H,18,19). The molecule has 0 bridgehead atoms. The molecular formula is C17H23N3O2. The number of nitrogens with one attached hydrogen (secondary N) is 1. The average molecular weight is 301 g/mol. The van der Waals surface area contributed by atoms with Gasteiger partial charge in [-0.2, -0.15) is 0 Å². The minimum Gasteiger partial charge on any atom is -0.395 e. The molecule has 1 aromatic carbocycles. The third kappa shape index (κ3) is 3.36. The normalized spacial score (nSPS) is 10.8. The van der Waals surface area contributed by atoms with Crippen molar-refractivity contribution in [3.8, 4) is 0 Å². The molecule has 0 saturated carbocycles. The van der Waals surface area contributed by atoms with Crippen molar-refractivity contribution in [2.75, 3.05) is 13.2 Å². The Morgan fingerprint density at radius 3 is 2.45 bits per heavy atom. The average Bonchev–Trinajstić information content (AvgIpc) is 2.87. The fraction of sp³-hybridized carbons (Fsp3) is 0.412. The van der Waals surface area contributed by atoms with Crippen LogP contribution in [0.4, 0.5) is 0 Å². The topological polar surface area (TPSA) is 69.2 Å². The number of H-pyrrole nitrogens is 1. The number of aryl methyl sites for hydroxylation is 4. The number of aromatic nitrogens is 2. The van der Waals surface area contributed by atoms with Gasteiger partial charge in [0.15, 0.2) is 0 Å². The highest BCUT2D eigenvalue weighted by Crippen LogP contribution is 2.18. The first-order valence-electron chi connectivity index (χ1n) is 7.41. The minimum atomic E-state index is -0.0722. The van der Waals surface area contributed by atoms with Crippen molar-refractivity contribution in [3.63, 3.8) is 0 Å². The molecule has 2 aromatic rings. The van der Waals surface area contributed by atoms with Gasteiger partial charge in [-0.3, -0.25) is 4.79 Å². The zero-order chi connectivity index (χ0) is 16.3. The quantitative estimate of drug-likeness (QED) is 0.890. The van der Waals surface area contributed by atoms with E-state index in [4.69, 9.17) is 0 Å². The number of carbonyl (C=O) groups excluding carboxylic acids is 1. The van der Waals surface area contributed by atoms with Crippen molar-refractivity contribution in [2.45, 2.75) is 34.2 Å². The third-order valence-corrected chi connectivity index (χ3v) is 4.00. The Morgan fingerprint density at radius 1 is 1.18 bits per heavy atom. The molecule has 0 saturated heterocycles. The first kappa shape index (κ1) is 16.2. The molecule has 0 aliphatic carbocycles. The zero-order valence-electron chi connectivity index (χ0n) is 13.6. The van der Waals surface area contributed by atoms with Crippen LogP contribution < -0.4 is 0 Å². The lowest BCUT2D eigenvalue weighted by atomic mass is 10.00. The molecule has 1 amide bonds. The Bertz CT molecular complexity index is 677. The smallest absolute Gasteiger partial charge is 0.254 e. The van der Waals surface area contributed by atoms with Gasteiger partial charge in [0.2, 0.25) is 0 Å². The van der Waals surface area contributed by atoms with Crippen molar-refractivity contribution in [2.24, 2.45) is 0 Å². The molecule has 1 aromatic heterocycles. The Hall–Kier alpha value is -2.14. The van der Waals surface area contributed by atoms with E-state index < -0.39 is 0 Å². The number of aliphatic hydroxyl groups excluding tert-OH is 1. The molecule has 2 rings (SSSR count). The van der Waals surface area contributed by atoms with Crippen LogP contribution in [0.2, 0.25) is 0 Å². The maximum Gasteiger partial charge on any atom is 0.254 e. The molecule has 118 valence electrons. The van der Waals surface area contributed by atoms with Crippen LogP contribution in [0.1, 0.15) is 38.4 Å². The number of aliphatic hydroxyl groups is 1. The summed E-state index contributed by atoms with van der Waals surface area (Å²) in [7, 11) is 0. The lowest BCUT2D eigenvalue weighted by Gasteiger charge is -2.22. The van der Waals surface area contributed by atoms with E-state index in [1.807, 2.05) is 39.8 Å². The molecular weight excluding hydrogens is 278 g/mol. The van der Waals surface area contributed by atoms with Crippen molar-refractivity contribution in [3.05, 3.63) is 52.1 Å². The SMILES string of the molecule is Cc1cc(C)c(C(=O)N(CCO)Cc2nc[nH]c2C)cc1C. The number of imidazole rings is 1. The van der Waals surface area contributed by atoms with Crippen molar-refractivity contribution >= 4 is 5.91 Å². The van der Waals surface area contributed by atoms with Gasteiger partial charge in [0.05, 0.1) is 25.2 Å². The Kier molecular flexibility index (Phi) is 4.98. The van der Waals surface area contributed by atoms with Crippen LogP contribution in [0.25, 0.3) is 0 Å². The van der Waals surface area contributed by atoms with E-state index in [0.717, 1.165) is 22.5 Å². The predicted molar refractivity (Wildman–Crippen MR) is 85.8 cm³/mol. The van der Waals surface area contributed by atoms with Crippen molar-refractivity contribution < 1.29 is 9.90 Å². The molecule has 2 N–H and O–H groups in total. The van der Waals surface area contributed by atoms with Crippen LogP contribution >= 0.6 is 0 Å². The maximum atomic E-state index is 12.8. The number of rotatable bonds is 5. The molecule has 22 heavy (non-hydrogen) atoms. The van der Waals surface area contributed by atoms with E-state index in [1.54, 1.807) is 11.2 Å². The molecule has 1 heterocycles. The summed E-state index contributed by atoms with van der Waals surface area (Å²) in [4.78, 5) is 21.7. The minimum absolute atomic E-state index is 0.0703. The molecule has 0 radical (unpaired) electrons. The van der Waals surface area contributed by atoms with Crippen LogP contribution in [0.15, 0.2) is 18.5 Å². The number of amides is 1. The Morgan fingerprint density at radius 2 is 1.86 bits per heavy atom. The van der Waals surface area contributed by atoms with Crippen LogP contribution in [-0.4, -0.2) is 39.0 Å². The number of hydrogen-bond donors (Lipinski definition) is 2. The first-order chi connectivity index (χ1) is 10.4. The van der Waals surface area contributed by atoms with Crippen LogP contribution in [0.3, 0.4) is 0 Å². The molecule has 0 atom stereocenters. The molecule has 5 heteroatoms. The Labute approximate surface area is 131 Å². The zero-order valence-corrected chi connectivity index (χ0v) is 13.6. The first-order valence-corrected chi connectivity index (χ1v) is 7.41. The third-order valence-electron chi connectivity index (χ3n) is 4.00. The summed E-state index contributed by atoms with van der Waals surface area (Å²) in [5.74, 6) is -0.0722. The van der Waals surface area contributed by atoms with E-state index in [0.29, 0.717) is 12.1 Å². The number of hydrogen-bond acceptors (Lipinski definition) is 3. The monoisotopic (exact) mass is 301 g/mol. The van der Waals surface area contributed by atoms with Crippen LogP contribution in [0.5, 0.6) is 0 Å². The fourth-order valence-corrected chi connectivity index (χ4v) is 2.46. The molecule has 0 aliphatic rings. The summed E-state index contributed by atoms with van der Waals surface area (Å²) in [6.07, 6.45) is 1.62. The predicted octanol–water partition coefficient (Wildman–Crippen LogP) is 2.28. The highest BCUT2D eigenvalue weighted by molar-refractivity contribution is 5.96. The second-order valence-electron chi connectivity index (χ2n) is 5.68. The van der Waals surface area contributed by atoms with E-state index >= 15 is 0 Å². The highest BCUT2D eigenvalue weighted by Gasteiger charge is 2.19. The summed E-state index contributed by atoms with van der Waals surface area (Å²) >= 11 is 0. The van der Waals surface area contributed by atoms with Crippen molar-refractivity contribution in [1.29, 1.82) is 0 Å². The van der Waals surface area contributed by atoms with Gasteiger partial charge in [0.1, 0.15) is 0 Å². The van der Waals surface area contributed by atoms with E-state index in [2.05, 4.69) is 9.97 Å². The van der Waals surface area contributed by atoms with Gasteiger partial charge in [0.25, 0.3) is 5.91 Å². The lowest BCUT2D eigenvalue weighted by molar-refractivity contribution is 0.0704. The summed E-state index contributed by atoms with van der Waals surface area (Å²) in [5.41, 5.74) is 5.66. The summed E-state index contributed by atoms with van der Waals surface area (Å²) in [5, 5.41) is 9.28. The van der Waals surface area contributed by atoms with Gasteiger partial charge in [-0.15, -0.1) is 0 Å². The summed E-state index contributed by atoms with van der Waals surface area (Å²) in [6.45, 7) is 8.51. The molecule has 0 unspecified atom stereocenters. The molecule has 0 fully saturated rings. The number of aromatic amines is 1. The van der Waals surface area contributed by atoms with Gasteiger partial charge >= 0.3 is 0 Å². The molecule has 0 aliphatic heterocycles. The van der Waals surface area contributed by atoms with Gasteiger partial charge in [-0.05, 0) is 50.5 Å². The summed E-state index contributed by atoms with van der Waals surface area (Å²) in [6, 6.07) is 3.95. The van der Waals surface area contributed by atoms with E-state index in [9.17, 15) is 9.90 Å². The number of nitrogens with zero attached hydrogens (tertiary/aromatic N) is 2. The number of benzene rings is 1. The second kappa shape index (κ2) is 6.75. The summed E-state index contributed by atoms with van der Waals surface area (Å²) < 4.78 is 0. The van der Waals surface area contributed by atoms with Gasteiger partial charge in [-0.1, -0.05) is 6.07 Å². The highest BCUT2D eigenvalue weighted by atomic mass is 16.3. The van der Waals surface area contributed by atoms with Gasteiger partial charge in [0, 0.05) is 17.8 Å². The largest absolute Gasteiger partial charge is 0.395 e. The van der Waals surface area contributed by atoms with E-state index in [-0.39, 0.29) is 19.1 Å². The van der Waals surface area contributed by atoms with E-state index in [1.165, 1.54) is 5.56 Å². The van der Waals surface area contributed by atoms with Crippen molar-refractivity contribution in [1.82, 2.24) is 14.9 Å². The molecule has 0 spiro atoms. The fourth-order valence-electron chi connectivity index (χ4n) is 2.46.